The highest BCUT2D eigenvalue weighted by atomic mass is 28.4. The van der Waals surface area contributed by atoms with Crippen LogP contribution in [0.2, 0.25) is 18.1 Å². The molecule has 2 atom stereocenters. The van der Waals surface area contributed by atoms with Crippen molar-refractivity contribution in [2.75, 3.05) is 13.7 Å². The molecule has 2 saturated heterocycles. The Morgan fingerprint density at radius 1 is 1.17 bits per heavy atom. The smallest absolute Gasteiger partial charge is 0.191 e. The number of hydrogen-bond acceptors (Lipinski definition) is 3. The second kappa shape index (κ2) is 7.36. The van der Waals surface area contributed by atoms with Gasteiger partial charge in [-0.3, -0.25) is 4.79 Å². The summed E-state index contributed by atoms with van der Waals surface area (Å²) in [5.74, 6) is 0.809. The van der Waals surface area contributed by atoms with Crippen molar-refractivity contribution in [3.63, 3.8) is 0 Å². The second-order valence-electron chi connectivity index (χ2n) is 9.25. The summed E-state index contributed by atoms with van der Waals surface area (Å²) in [6.07, 6.45) is 7.71. The highest BCUT2D eigenvalue weighted by Crippen LogP contribution is 2.38. The molecule has 0 aliphatic carbocycles. The van der Waals surface area contributed by atoms with Gasteiger partial charge in [0.05, 0.1) is 0 Å². The number of fused-ring (bicyclic) bond motifs is 2. The van der Waals surface area contributed by atoms with Gasteiger partial charge in [-0.1, -0.05) is 27.2 Å². The summed E-state index contributed by atoms with van der Waals surface area (Å²) in [5.41, 5.74) is 0. The van der Waals surface area contributed by atoms with E-state index in [-0.39, 0.29) is 5.04 Å². The zero-order valence-electron chi connectivity index (χ0n) is 16.2. The standard InChI is InChI=1S/C19H37NO2Si/c1-19(2,3)23(5,6)22-12-8-11-18(21)15-13-16-9-7-10-17(14-15)20(16)4/h15-17H,7-14H2,1-6H3. The number of piperidine rings is 2. The lowest BCUT2D eigenvalue weighted by Gasteiger charge is -2.46. The van der Waals surface area contributed by atoms with Gasteiger partial charge in [-0.15, -0.1) is 0 Å². The van der Waals surface area contributed by atoms with Crippen LogP contribution in [-0.4, -0.2) is 44.7 Å². The lowest BCUT2D eigenvalue weighted by molar-refractivity contribution is -0.126. The monoisotopic (exact) mass is 339 g/mol. The molecule has 2 fully saturated rings. The van der Waals surface area contributed by atoms with Crippen LogP contribution in [0.4, 0.5) is 0 Å². The van der Waals surface area contributed by atoms with Crippen molar-refractivity contribution in [3.8, 4) is 0 Å². The maximum atomic E-state index is 12.6. The third-order valence-corrected chi connectivity index (χ3v) is 11.2. The van der Waals surface area contributed by atoms with Gasteiger partial charge < -0.3 is 9.33 Å². The summed E-state index contributed by atoms with van der Waals surface area (Å²) in [4.78, 5) is 15.1. The fourth-order valence-corrected chi connectivity index (χ4v) is 4.96. The lowest BCUT2D eigenvalue weighted by atomic mass is 9.76. The van der Waals surface area contributed by atoms with E-state index in [9.17, 15) is 4.79 Å². The topological polar surface area (TPSA) is 29.5 Å². The van der Waals surface area contributed by atoms with Crippen molar-refractivity contribution >= 4 is 14.1 Å². The van der Waals surface area contributed by atoms with Crippen LogP contribution in [0, 0.1) is 5.92 Å². The number of nitrogens with zero attached hydrogens (tertiary/aromatic N) is 1. The highest BCUT2D eigenvalue weighted by molar-refractivity contribution is 6.74. The van der Waals surface area contributed by atoms with Gasteiger partial charge in [0.15, 0.2) is 8.32 Å². The quantitative estimate of drug-likeness (QED) is 0.522. The molecule has 2 bridgehead atoms. The summed E-state index contributed by atoms with van der Waals surface area (Å²) in [6.45, 7) is 12.1. The summed E-state index contributed by atoms with van der Waals surface area (Å²) in [7, 11) is 0.590. The van der Waals surface area contributed by atoms with E-state index in [1.807, 2.05) is 0 Å². The van der Waals surface area contributed by atoms with Gasteiger partial charge in [0.25, 0.3) is 0 Å². The Labute approximate surface area is 144 Å². The highest BCUT2D eigenvalue weighted by Gasteiger charge is 2.39. The van der Waals surface area contributed by atoms with Gasteiger partial charge in [-0.2, -0.15) is 0 Å². The lowest BCUT2D eigenvalue weighted by Crippen LogP contribution is -2.51. The Bertz CT molecular complexity index is 402. The molecule has 0 aromatic rings. The number of carbonyl (C=O) groups excluding carboxylic acids is 1. The largest absolute Gasteiger partial charge is 0.417 e. The van der Waals surface area contributed by atoms with Gasteiger partial charge in [-0.25, -0.2) is 0 Å². The first-order valence-electron chi connectivity index (χ1n) is 9.50. The predicted octanol–water partition coefficient (Wildman–Crippen LogP) is 4.62. The number of Topliss-reactive ketones (excluding diaryl/α,β-unsaturated/α-hetero) is 1. The van der Waals surface area contributed by atoms with Gasteiger partial charge in [0.1, 0.15) is 5.78 Å². The van der Waals surface area contributed by atoms with Gasteiger partial charge in [0.2, 0.25) is 0 Å². The molecular formula is C19H37NO2Si. The second-order valence-corrected chi connectivity index (χ2v) is 14.1. The number of carbonyl (C=O) groups is 1. The summed E-state index contributed by atoms with van der Waals surface area (Å²) in [5, 5.41) is 0.252. The molecule has 4 heteroatoms. The summed E-state index contributed by atoms with van der Waals surface area (Å²) in [6, 6.07) is 1.31. The molecule has 134 valence electrons. The van der Waals surface area contributed by atoms with E-state index >= 15 is 0 Å². The van der Waals surface area contributed by atoms with Crippen molar-refractivity contribution in [3.05, 3.63) is 0 Å². The number of hydrogen-bond donors (Lipinski definition) is 0. The third-order valence-electron chi connectivity index (χ3n) is 6.63. The summed E-state index contributed by atoms with van der Waals surface area (Å²) < 4.78 is 6.20. The molecule has 0 N–H and O–H groups in total. The Morgan fingerprint density at radius 3 is 2.26 bits per heavy atom. The van der Waals surface area contributed by atoms with Crippen LogP contribution in [0.15, 0.2) is 0 Å². The first kappa shape index (κ1) is 19.1. The minimum Gasteiger partial charge on any atom is -0.417 e. The average Bonchev–Trinajstić information content (AvgIpc) is 2.41. The van der Waals surface area contributed by atoms with Crippen LogP contribution in [0.5, 0.6) is 0 Å². The van der Waals surface area contributed by atoms with Crippen molar-refractivity contribution in [2.45, 2.75) is 95.9 Å². The fourth-order valence-electron chi connectivity index (χ4n) is 3.87. The minimum absolute atomic E-state index is 0.252. The molecule has 0 amide bonds. The Balaban J connectivity index is 1.74. The van der Waals surface area contributed by atoms with Crippen LogP contribution in [0.25, 0.3) is 0 Å². The maximum Gasteiger partial charge on any atom is 0.191 e. The van der Waals surface area contributed by atoms with E-state index in [2.05, 4.69) is 45.8 Å². The van der Waals surface area contributed by atoms with Crippen molar-refractivity contribution in [1.29, 1.82) is 0 Å². The molecule has 2 aliphatic heterocycles. The molecule has 2 aliphatic rings. The Hall–Kier alpha value is -0.193. The van der Waals surface area contributed by atoms with E-state index in [1.54, 1.807) is 0 Å². The van der Waals surface area contributed by atoms with E-state index < -0.39 is 8.32 Å². The molecule has 23 heavy (non-hydrogen) atoms. The van der Waals surface area contributed by atoms with E-state index in [4.69, 9.17) is 4.43 Å². The predicted molar refractivity (Wildman–Crippen MR) is 99.3 cm³/mol. The fraction of sp³-hybridized carbons (Fsp3) is 0.947. The van der Waals surface area contributed by atoms with Gasteiger partial charge in [-0.05, 0) is 57.3 Å². The molecule has 0 aromatic heterocycles. The molecular weight excluding hydrogens is 302 g/mol. The Morgan fingerprint density at radius 2 is 1.74 bits per heavy atom. The van der Waals surface area contributed by atoms with Crippen molar-refractivity contribution in [2.24, 2.45) is 5.92 Å². The number of ketones is 1. The third kappa shape index (κ3) is 4.67. The van der Waals surface area contributed by atoms with Crippen LogP contribution < -0.4 is 0 Å². The molecule has 0 radical (unpaired) electrons. The van der Waals surface area contributed by atoms with Crippen molar-refractivity contribution < 1.29 is 9.22 Å². The van der Waals surface area contributed by atoms with Crippen LogP contribution in [0.1, 0.15) is 65.7 Å². The molecule has 0 spiro atoms. The van der Waals surface area contributed by atoms with Crippen molar-refractivity contribution in [1.82, 2.24) is 4.90 Å². The molecule has 3 nitrogen and oxygen atoms in total. The maximum absolute atomic E-state index is 12.6. The Kier molecular flexibility index (Phi) is 6.13. The minimum atomic E-state index is -1.66. The average molecular weight is 340 g/mol. The van der Waals surface area contributed by atoms with Crippen LogP contribution in [-0.2, 0) is 9.22 Å². The molecule has 2 rings (SSSR count). The first-order valence-corrected chi connectivity index (χ1v) is 12.4. The first-order chi connectivity index (χ1) is 10.6. The molecule has 2 heterocycles. The van der Waals surface area contributed by atoms with Gasteiger partial charge >= 0.3 is 0 Å². The molecule has 0 saturated carbocycles. The normalized spacial score (nSPS) is 29.6. The van der Waals surface area contributed by atoms with E-state index in [0.717, 1.165) is 25.9 Å². The molecule has 0 aromatic carbocycles. The number of rotatable bonds is 6. The SMILES string of the molecule is CN1C2CCCC1CC(C(=O)CCCO[Si](C)(C)C(C)(C)C)C2. The molecule has 2 unspecified atom stereocenters. The van der Waals surface area contributed by atoms with E-state index in [1.165, 1.54) is 19.3 Å². The summed E-state index contributed by atoms with van der Waals surface area (Å²) >= 11 is 0. The zero-order valence-corrected chi connectivity index (χ0v) is 17.2. The van der Waals surface area contributed by atoms with Crippen LogP contribution >= 0.6 is 0 Å². The zero-order chi connectivity index (χ0) is 17.3. The van der Waals surface area contributed by atoms with Gasteiger partial charge in [0, 0.05) is 31.0 Å². The van der Waals surface area contributed by atoms with E-state index in [0.29, 0.717) is 30.2 Å². The van der Waals surface area contributed by atoms with Crippen LogP contribution in [0.3, 0.4) is 0 Å².